The zero-order valence-corrected chi connectivity index (χ0v) is 12.7. The molecule has 1 aliphatic heterocycles. The Morgan fingerprint density at radius 1 is 1.53 bits per heavy atom. The van der Waals surface area contributed by atoms with E-state index in [1.807, 2.05) is 6.07 Å². The van der Waals surface area contributed by atoms with Crippen molar-refractivity contribution in [3.05, 3.63) is 34.1 Å². The van der Waals surface area contributed by atoms with Crippen molar-refractivity contribution in [1.82, 2.24) is 0 Å². The van der Waals surface area contributed by atoms with Crippen LogP contribution >= 0.6 is 15.9 Å². The molecule has 0 radical (unpaired) electrons. The van der Waals surface area contributed by atoms with Gasteiger partial charge in [0.15, 0.2) is 0 Å². The topological polar surface area (TPSA) is 29.5 Å². The molecular weight excluding hydrogens is 311 g/mol. The van der Waals surface area contributed by atoms with Crippen LogP contribution in [0.25, 0.3) is 0 Å². The molecule has 1 saturated heterocycles. The van der Waals surface area contributed by atoms with E-state index in [1.54, 1.807) is 6.07 Å². The number of hydrogen-bond donors (Lipinski definition) is 1. The molecule has 106 valence electrons. The molecule has 1 N–H and O–H groups in total. The Morgan fingerprint density at radius 3 is 3.05 bits per heavy atom. The molecule has 4 heteroatoms. The van der Waals surface area contributed by atoms with Gasteiger partial charge in [-0.2, -0.15) is 0 Å². The first-order valence-electron chi connectivity index (χ1n) is 6.81. The summed E-state index contributed by atoms with van der Waals surface area (Å²) in [5.41, 5.74) is 0.0358. The minimum atomic E-state index is -0.783. The number of halogens is 2. The van der Waals surface area contributed by atoms with Gasteiger partial charge in [0, 0.05) is 19.4 Å². The maximum atomic E-state index is 13.5. The molecular formula is C15H20BrFO2. The molecule has 1 fully saturated rings. The minimum Gasteiger partial charge on any atom is -0.389 e. The molecule has 2 nitrogen and oxygen atoms in total. The van der Waals surface area contributed by atoms with Gasteiger partial charge in [0.2, 0.25) is 0 Å². The van der Waals surface area contributed by atoms with Gasteiger partial charge in [0.05, 0.1) is 16.2 Å². The molecule has 1 aromatic carbocycles. The minimum absolute atomic E-state index is 0.121. The summed E-state index contributed by atoms with van der Waals surface area (Å²) in [6.07, 6.45) is 3.84. The average molecular weight is 331 g/mol. The fourth-order valence-electron chi connectivity index (χ4n) is 2.71. The van der Waals surface area contributed by atoms with Crippen molar-refractivity contribution in [2.45, 2.75) is 50.7 Å². The predicted molar refractivity (Wildman–Crippen MR) is 76.6 cm³/mol. The van der Waals surface area contributed by atoms with E-state index >= 15 is 0 Å². The van der Waals surface area contributed by atoms with Crippen molar-refractivity contribution < 1.29 is 14.2 Å². The first-order chi connectivity index (χ1) is 9.04. The van der Waals surface area contributed by atoms with Crippen LogP contribution in [0, 0.1) is 5.82 Å². The lowest BCUT2D eigenvalue weighted by Crippen LogP contribution is -2.42. The summed E-state index contributed by atoms with van der Waals surface area (Å²) in [5, 5.41) is 10.7. The van der Waals surface area contributed by atoms with Crippen molar-refractivity contribution in [1.29, 1.82) is 0 Å². The smallest absolute Gasteiger partial charge is 0.137 e. The normalized spacial score (nSPS) is 27.5. The molecule has 0 amide bonds. The van der Waals surface area contributed by atoms with Crippen molar-refractivity contribution in [2.24, 2.45) is 0 Å². The third-order valence-corrected chi connectivity index (χ3v) is 4.58. The number of ether oxygens (including phenoxy) is 1. The zero-order chi connectivity index (χ0) is 13.9. The van der Waals surface area contributed by atoms with Crippen LogP contribution in [0.5, 0.6) is 0 Å². The Balaban J connectivity index is 2.10. The molecule has 0 saturated carbocycles. The van der Waals surface area contributed by atoms with Crippen LogP contribution in [0.15, 0.2) is 22.7 Å². The summed E-state index contributed by atoms with van der Waals surface area (Å²) in [6.45, 7) is 2.69. The van der Waals surface area contributed by atoms with Crippen molar-refractivity contribution in [3.8, 4) is 0 Å². The Bertz CT molecular complexity index is 436. The van der Waals surface area contributed by atoms with E-state index in [-0.39, 0.29) is 11.9 Å². The van der Waals surface area contributed by atoms with Crippen LogP contribution < -0.4 is 0 Å². The number of benzene rings is 1. The van der Waals surface area contributed by atoms with Crippen LogP contribution in [-0.4, -0.2) is 23.4 Å². The van der Waals surface area contributed by atoms with Gasteiger partial charge in [0.25, 0.3) is 0 Å². The van der Waals surface area contributed by atoms with Crippen molar-refractivity contribution in [3.63, 3.8) is 0 Å². The summed E-state index contributed by atoms with van der Waals surface area (Å²) < 4.78 is 19.6. The second-order valence-electron chi connectivity index (χ2n) is 5.35. The molecule has 0 bridgehead atoms. The predicted octanol–water partition coefficient (Wildman–Crippen LogP) is 3.84. The van der Waals surface area contributed by atoms with Gasteiger partial charge in [-0.3, -0.25) is 0 Å². The summed E-state index contributed by atoms with van der Waals surface area (Å²) in [6, 6.07) is 4.96. The first-order valence-corrected chi connectivity index (χ1v) is 7.60. The molecule has 1 aromatic rings. The largest absolute Gasteiger partial charge is 0.389 e. The lowest BCUT2D eigenvalue weighted by Gasteiger charge is -2.37. The van der Waals surface area contributed by atoms with Gasteiger partial charge in [0.1, 0.15) is 5.82 Å². The Labute approximate surface area is 122 Å². The fraction of sp³-hybridized carbons (Fsp3) is 0.600. The lowest BCUT2D eigenvalue weighted by molar-refractivity contribution is -0.105. The van der Waals surface area contributed by atoms with Crippen LogP contribution in [0.2, 0.25) is 0 Å². The van der Waals surface area contributed by atoms with Crippen LogP contribution in [0.4, 0.5) is 4.39 Å². The van der Waals surface area contributed by atoms with Gasteiger partial charge in [-0.25, -0.2) is 4.39 Å². The van der Waals surface area contributed by atoms with Crippen molar-refractivity contribution in [2.75, 3.05) is 6.61 Å². The van der Waals surface area contributed by atoms with Crippen LogP contribution in [-0.2, 0) is 11.2 Å². The summed E-state index contributed by atoms with van der Waals surface area (Å²) in [4.78, 5) is 0. The molecule has 0 spiro atoms. The average Bonchev–Trinajstić information content (AvgIpc) is 2.35. The first kappa shape index (κ1) is 14.9. The molecule has 19 heavy (non-hydrogen) atoms. The monoisotopic (exact) mass is 330 g/mol. The van der Waals surface area contributed by atoms with Gasteiger partial charge in [-0.15, -0.1) is 0 Å². The molecule has 0 aliphatic carbocycles. The van der Waals surface area contributed by atoms with E-state index in [2.05, 4.69) is 22.9 Å². The third kappa shape index (κ3) is 3.77. The lowest BCUT2D eigenvalue weighted by atomic mass is 9.83. The van der Waals surface area contributed by atoms with Gasteiger partial charge in [-0.05, 0) is 40.4 Å². The zero-order valence-electron chi connectivity index (χ0n) is 11.2. The van der Waals surface area contributed by atoms with Crippen LogP contribution in [0.3, 0.4) is 0 Å². The highest BCUT2D eigenvalue weighted by Gasteiger charge is 2.35. The van der Waals surface area contributed by atoms with Gasteiger partial charge >= 0.3 is 0 Å². The number of aliphatic hydroxyl groups is 1. The number of rotatable bonds is 4. The van der Waals surface area contributed by atoms with Gasteiger partial charge < -0.3 is 9.84 Å². The highest BCUT2D eigenvalue weighted by atomic mass is 79.9. The highest BCUT2D eigenvalue weighted by Crippen LogP contribution is 2.33. The van der Waals surface area contributed by atoms with E-state index < -0.39 is 5.60 Å². The van der Waals surface area contributed by atoms with E-state index in [9.17, 15) is 9.50 Å². The molecule has 2 atom stereocenters. The maximum absolute atomic E-state index is 13.5. The third-order valence-electron chi connectivity index (χ3n) is 3.69. The molecule has 2 rings (SSSR count). The van der Waals surface area contributed by atoms with Crippen molar-refractivity contribution >= 4 is 15.9 Å². The molecule has 1 heterocycles. The Hall–Kier alpha value is -0.450. The second-order valence-corrected chi connectivity index (χ2v) is 6.14. The Kier molecular flexibility index (Phi) is 4.98. The molecule has 1 aliphatic rings. The van der Waals surface area contributed by atoms with E-state index in [0.717, 1.165) is 18.4 Å². The van der Waals surface area contributed by atoms with E-state index in [1.165, 1.54) is 6.07 Å². The molecule has 0 aromatic heterocycles. The van der Waals surface area contributed by atoms with E-state index in [4.69, 9.17) is 4.74 Å². The van der Waals surface area contributed by atoms with E-state index in [0.29, 0.717) is 30.3 Å². The maximum Gasteiger partial charge on any atom is 0.137 e. The fourth-order valence-corrected chi connectivity index (χ4v) is 3.11. The summed E-state index contributed by atoms with van der Waals surface area (Å²) in [5.74, 6) is -0.279. The quantitative estimate of drug-likeness (QED) is 0.908. The molecule has 2 unspecified atom stereocenters. The summed E-state index contributed by atoms with van der Waals surface area (Å²) in [7, 11) is 0. The Morgan fingerprint density at radius 2 is 2.32 bits per heavy atom. The van der Waals surface area contributed by atoms with Crippen LogP contribution in [0.1, 0.15) is 38.2 Å². The summed E-state index contributed by atoms with van der Waals surface area (Å²) >= 11 is 3.26. The number of hydrogen-bond acceptors (Lipinski definition) is 2. The standard InChI is InChI=1S/C15H20BrFO2/c1-2-4-12-10-15(18,7-8-19-12)9-11-5-3-6-13(17)14(11)16/h3,5-6,12,18H,2,4,7-10H2,1H3. The SMILES string of the molecule is CCCC1CC(O)(Cc2cccc(F)c2Br)CCO1. The van der Waals surface area contributed by atoms with Gasteiger partial charge in [-0.1, -0.05) is 25.5 Å². The second kappa shape index (κ2) is 6.33. The highest BCUT2D eigenvalue weighted by molar-refractivity contribution is 9.10.